The van der Waals surface area contributed by atoms with E-state index < -0.39 is 5.97 Å². The first-order chi connectivity index (χ1) is 9.65. The van der Waals surface area contributed by atoms with E-state index in [0.717, 1.165) is 0 Å². The Balaban J connectivity index is 1.35. The second-order valence-electron chi connectivity index (χ2n) is 6.07. The van der Waals surface area contributed by atoms with Crippen molar-refractivity contribution in [3.8, 4) is 0 Å². The van der Waals surface area contributed by atoms with E-state index in [0.29, 0.717) is 24.9 Å². The Bertz CT molecular complexity index is 568. The fraction of sp³-hybridized carbons (Fsp3) is 0.692. The first kappa shape index (κ1) is 11.9. The third-order valence-electron chi connectivity index (χ3n) is 4.97. The zero-order chi connectivity index (χ0) is 13.9. The molecule has 1 N–H and O–H groups in total. The number of carboxylic acids is 1. The van der Waals surface area contributed by atoms with Crippen LogP contribution in [0.15, 0.2) is 6.20 Å². The Hall–Kier alpha value is -1.92. The maximum Gasteiger partial charge on any atom is 0.358 e. The highest BCUT2D eigenvalue weighted by Gasteiger charge is 2.58. The van der Waals surface area contributed by atoms with Gasteiger partial charge in [-0.3, -0.25) is 4.79 Å². The van der Waals surface area contributed by atoms with Gasteiger partial charge in [0, 0.05) is 19.0 Å². The first-order valence-electron chi connectivity index (χ1n) is 7.09. The van der Waals surface area contributed by atoms with Gasteiger partial charge in [0.2, 0.25) is 5.91 Å². The van der Waals surface area contributed by atoms with Gasteiger partial charge in [0.15, 0.2) is 5.69 Å². The third kappa shape index (κ3) is 1.65. The summed E-state index contributed by atoms with van der Waals surface area (Å²) in [4.78, 5) is 24.9. The fourth-order valence-corrected chi connectivity index (χ4v) is 3.75. The van der Waals surface area contributed by atoms with Gasteiger partial charge in [-0.05, 0) is 24.7 Å². The van der Waals surface area contributed by atoms with E-state index in [1.165, 1.54) is 25.5 Å². The van der Waals surface area contributed by atoms with Crippen LogP contribution in [0.2, 0.25) is 0 Å². The largest absolute Gasteiger partial charge is 0.476 e. The summed E-state index contributed by atoms with van der Waals surface area (Å²) in [7, 11) is 0. The Kier molecular flexibility index (Phi) is 2.40. The van der Waals surface area contributed by atoms with Crippen LogP contribution in [-0.4, -0.2) is 50.0 Å². The molecule has 3 fully saturated rings. The number of hydrogen-bond donors (Lipinski definition) is 1. The summed E-state index contributed by atoms with van der Waals surface area (Å²) < 4.78 is 1.56. The molecule has 1 aromatic rings. The maximum absolute atomic E-state index is 12.3. The van der Waals surface area contributed by atoms with E-state index in [2.05, 4.69) is 10.3 Å². The van der Waals surface area contributed by atoms with E-state index in [1.54, 1.807) is 4.68 Å². The Morgan fingerprint density at radius 2 is 1.95 bits per heavy atom. The van der Waals surface area contributed by atoms with Crippen LogP contribution in [0.5, 0.6) is 0 Å². The number of aromatic carboxylic acids is 1. The van der Waals surface area contributed by atoms with Crippen molar-refractivity contribution >= 4 is 11.9 Å². The number of nitrogens with zero attached hydrogens (tertiary/aromatic N) is 4. The monoisotopic (exact) mass is 276 g/mol. The minimum Gasteiger partial charge on any atom is -0.476 e. The molecule has 1 amide bonds. The molecule has 1 aromatic heterocycles. The van der Waals surface area contributed by atoms with Crippen molar-refractivity contribution in [2.75, 3.05) is 13.1 Å². The molecule has 7 heteroatoms. The predicted molar refractivity (Wildman–Crippen MR) is 66.9 cm³/mol. The second-order valence-corrected chi connectivity index (χ2v) is 6.07. The van der Waals surface area contributed by atoms with E-state index in [4.69, 9.17) is 5.11 Å². The lowest BCUT2D eigenvalue weighted by Gasteiger charge is -2.39. The highest BCUT2D eigenvalue weighted by Crippen LogP contribution is 2.58. The molecule has 0 radical (unpaired) electrons. The summed E-state index contributed by atoms with van der Waals surface area (Å²) in [5.41, 5.74) is -0.0495. The minimum atomic E-state index is -1.07. The molecule has 0 bridgehead atoms. The van der Waals surface area contributed by atoms with Crippen molar-refractivity contribution < 1.29 is 14.7 Å². The van der Waals surface area contributed by atoms with Gasteiger partial charge >= 0.3 is 5.97 Å². The summed E-state index contributed by atoms with van der Waals surface area (Å²) in [6, 6.07) is 0.0677. The summed E-state index contributed by atoms with van der Waals surface area (Å²) >= 11 is 0. The number of aromatic nitrogens is 3. The van der Waals surface area contributed by atoms with Crippen LogP contribution < -0.4 is 0 Å². The molecule has 0 aromatic carbocycles. The van der Waals surface area contributed by atoms with E-state index in [1.807, 2.05) is 4.90 Å². The average Bonchev–Trinajstić information content (AvgIpc) is 2.80. The van der Waals surface area contributed by atoms with Gasteiger partial charge in [-0.25, -0.2) is 9.48 Å². The number of fused-ring (bicyclic) bond motifs is 1. The van der Waals surface area contributed by atoms with Gasteiger partial charge in [-0.15, -0.1) is 5.10 Å². The molecule has 1 aliphatic heterocycles. The van der Waals surface area contributed by atoms with Crippen LogP contribution >= 0.6 is 0 Å². The minimum absolute atomic E-state index is 0.0495. The lowest BCUT2D eigenvalue weighted by Crippen LogP contribution is -2.51. The molecular formula is C13H16N4O3. The molecule has 3 aliphatic rings. The number of rotatable bonds is 3. The molecule has 2 saturated carbocycles. The van der Waals surface area contributed by atoms with Crippen LogP contribution in [0, 0.1) is 17.8 Å². The topological polar surface area (TPSA) is 88.3 Å². The molecular weight excluding hydrogens is 260 g/mol. The molecule has 2 heterocycles. The highest BCUT2D eigenvalue weighted by molar-refractivity contribution is 5.85. The summed E-state index contributed by atoms with van der Waals surface area (Å²) in [5.74, 6) is 0.775. The summed E-state index contributed by atoms with van der Waals surface area (Å²) in [6.07, 6.45) is 5.13. The predicted octanol–water partition coefficient (Wildman–Crippen LogP) is 0.406. The van der Waals surface area contributed by atoms with Crippen LogP contribution in [0.25, 0.3) is 0 Å². The molecule has 20 heavy (non-hydrogen) atoms. The summed E-state index contributed by atoms with van der Waals surface area (Å²) in [5, 5.41) is 16.2. The molecule has 4 rings (SSSR count). The van der Waals surface area contributed by atoms with Crippen molar-refractivity contribution in [2.45, 2.75) is 25.3 Å². The standard InChI is InChI=1S/C13H16N4O3/c18-12(11-8-2-1-3-9(8)11)16-4-7(5-16)17-6-10(13(19)20)14-15-17/h6-9,11H,1-5H2,(H,19,20). The van der Waals surface area contributed by atoms with E-state index in [9.17, 15) is 9.59 Å². The molecule has 1 saturated heterocycles. The number of carboxylic acid groups (broad SMARTS) is 1. The number of hydrogen-bond acceptors (Lipinski definition) is 4. The Morgan fingerprint density at radius 1 is 1.25 bits per heavy atom. The zero-order valence-corrected chi connectivity index (χ0v) is 11.0. The van der Waals surface area contributed by atoms with Crippen molar-refractivity contribution in [1.29, 1.82) is 0 Å². The average molecular weight is 276 g/mol. The zero-order valence-electron chi connectivity index (χ0n) is 11.0. The van der Waals surface area contributed by atoms with Gasteiger partial charge in [-0.1, -0.05) is 11.6 Å². The molecule has 0 spiro atoms. The number of amides is 1. The van der Waals surface area contributed by atoms with Crippen molar-refractivity contribution in [1.82, 2.24) is 19.9 Å². The quantitative estimate of drug-likeness (QED) is 0.863. The number of carbonyl (C=O) groups is 2. The van der Waals surface area contributed by atoms with E-state index >= 15 is 0 Å². The number of likely N-dealkylation sites (tertiary alicyclic amines) is 1. The lowest BCUT2D eigenvalue weighted by atomic mass is 10.1. The molecule has 106 valence electrons. The van der Waals surface area contributed by atoms with Crippen LogP contribution in [-0.2, 0) is 4.79 Å². The van der Waals surface area contributed by atoms with Crippen molar-refractivity contribution in [3.05, 3.63) is 11.9 Å². The number of carbonyl (C=O) groups excluding carboxylic acids is 1. The third-order valence-corrected chi connectivity index (χ3v) is 4.97. The fourth-order valence-electron chi connectivity index (χ4n) is 3.75. The Labute approximate surface area is 115 Å². The van der Waals surface area contributed by atoms with Gasteiger partial charge < -0.3 is 10.0 Å². The molecule has 2 atom stereocenters. The van der Waals surface area contributed by atoms with Gasteiger partial charge in [0.05, 0.1) is 12.2 Å². The van der Waals surface area contributed by atoms with Crippen LogP contribution in [0.1, 0.15) is 35.8 Å². The molecule has 2 aliphatic carbocycles. The molecule has 7 nitrogen and oxygen atoms in total. The SMILES string of the molecule is O=C(O)c1cn(C2CN(C(=O)C3C4CCCC43)C2)nn1. The van der Waals surface area contributed by atoms with Crippen molar-refractivity contribution in [2.24, 2.45) is 17.8 Å². The smallest absolute Gasteiger partial charge is 0.358 e. The normalized spacial score (nSPS) is 31.8. The van der Waals surface area contributed by atoms with Gasteiger partial charge in [0.1, 0.15) is 0 Å². The van der Waals surface area contributed by atoms with Crippen LogP contribution in [0.3, 0.4) is 0 Å². The highest BCUT2D eigenvalue weighted by atomic mass is 16.4. The Morgan fingerprint density at radius 3 is 2.55 bits per heavy atom. The van der Waals surface area contributed by atoms with Gasteiger partial charge in [0.25, 0.3) is 0 Å². The lowest BCUT2D eigenvalue weighted by molar-refractivity contribution is -0.139. The second kappa shape index (κ2) is 4.04. The first-order valence-corrected chi connectivity index (χ1v) is 7.09. The van der Waals surface area contributed by atoms with Gasteiger partial charge in [-0.2, -0.15) is 0 Å². The van der Waals surface area contributed by atoms with E-state index in [-0.39, 0.29) is 23.6 Å². The maximum atomic E-state index is 12.3. The van der Waals surface area contributed by atoms with Crippen molar-refractivity contribution in [3.63, 3.8) is 0 Å². The molecule has 2 unspecified atom stereocenters. The van der Waals surface area contributed by atoms with Crippen LogP contribution in [0.4, 0.5) is 0 Å². The summed E-state index contributed by atoms with van der Waals surface area (Å²) in [6.45, 7) is 1.24.